The van der Waals surface area contributed by atoms with Crippen LogP contribution in [0.25, 0.3) is 0 Å². The molecule has 1 heterocycles. The Kier molecular flexibility index (Phi) is 8.62. The lowest BCUT2D eigenvalue weighted by Gasteiger charge is -2.32. The normalized spacial score (nSPS) is 25.4. The van der Waals surface area contributed by atoms with E-state index in [9.17, 15) is 0 Å². The first-order valence-corrected chi connectivity index (χ1v) is 7.74. The van der Waals surface area contributed by atoms with Gasteiger partial charge in [-0.2, -0.15) is 0 Å². The molecule has 0 saturated carbocycles. The summed E-state index contributed by atoms with van der Waals surface area (Å²) < 4.78 is 10.4. The Hall–Kier alpha value is -0.160. The second-order valence-corrected chi connectivity index (χ2v) is 5.78. The van der Waals surface area contributed by atoms with Crippen molar-refractivity contribution < 1.29 is 9.47 Å². The summed E-state index contributed by atoms with van der Waals surface area (Å²) in [6.07, 6.45) is 4.84. The van der Waals surface area contributed by atoms with Crippen LogP contribution in [0.2, 0.25) is 0 Å². The van der Waals surface area contributed by atoms with Crippen molar-refractivity contribution in [3.05, 3.63) is 0 Å². The Balaban J connectivity index is 2.10. The van der Waals surface area contributed by atoms with E-state index < -0.39 is 0 Å². The zero-order chi connectivity index (χ0) is 14.0. The van der Waals surface area contributed by atoms with Gasteiger partial charge in [0.25, 0.3) is 0 Å². The van der Waals surface area contributed by atoms with Gasteiger partial charge in [0.15, 0.2) is 0 Å². The molecule has 114 valence electrons. The van der Waals surface area contributed by atoms with Crippen LogP contribution < -0.4 is 5.32 Å². The van der Waals surface area contributed by atoms with E-state index in [-0.39, 0.29) is 0 Å². The van der Waals surface area contributed by atoms with Gasteiger partial charge in [0.05, 0.1) is 13.2 Å². The van der Waals surface area contributed by atoms with Crippen LogP contribution in [0.5, 0.6) is 0 Å². The van der Waals surface area contributed by atoms with Crippen LogP contribution in [0.4, 0.5) is 0 Å². The zero-order valence-corrected chi connectivity index (χ0v) is 13.0. The van der Waals surface area contributed by atoms with E-state index in [1.807, 2.05) is 0 Å². The third-order valence-electron chi connectivity index (χ3n) is 4.00. The highest BCUT2D eigenvalue weighted by molar-refractivity contribution is 4.87. The molecule has 4 heteroatoms. The number of nitrogens with zero attached hydrogens (tertiary/aromatic N) is 1. The number of rotatable bonds is 9. The van der Waals surface area contributed by atoms with Gasteiger partial charge in [0, 0.05) is 25.8 Å². The Morgan fingerprint density at radius 1 is 1.21 bits per heavy atom. The van der Waals surface area contributed by atoms with Gasteiger partial charge in [-0.05, 0) is 52.2 Å². The molecular formula is C15H32N2O2. The fourth-order valence-corrected chi connectivity index (χ4v) is 2.53. The number of nitrogens with one attached hydrogen (secondary N) is 1. The summed E-state index contributed by atoms with van der Waals surface area (Å²) in [5.41, 5.74) is 0.297. The minimum absolute atomic E-state index is 0.297. The lowest BCUT2D eigenvalue weighted by atomic mass is 9.98. The quantitative estimate of drug-likeness (QED) is 0.650. The molecule has 1 rings (SSSR count). The van der Waals surface area contributed by atoms with Crippen molar-refractivity contribution in [3.63, 3.8) is 0 Å². The third kappa shape index (κ3) is 7.25. The molecule has 1 aliphatic rings. The summed E-state index contributed by atoms with van der Waals surface area (Å²) in [5, 5.41) is 3.68. The van der Waals surface area contributed by atoms with Crippen molar-refractivity contribution in [3.8, 4) is 0 Å². The average Bonchev–Trinajstić information content (AvgIpc) is 2.60. The van der Waals surface area contributed by atoms with E-state index in [0.29, 0.717) is 12.1 Å². The van der Waals surface area contributed by atoms with Crippen LogP contribution in [0.1, 0.15) is 39.5 Å². The van der Waals surface area contributed by atoms with Crippen molar-refractivity contribution >= 4 is 0 Å². The first kappa shape index (κ1) is 16.9. The molecule has 0 spiro atoms. The molecule has 1 N–H and O–H groups in total. The number of methoxy groups -OCH3 is 1. The molecule has 0 aromatic carbocycles. The minimum atomic E-state index is 0.297. The lowest BCUT2D eigenvalue weighted by molar-refractivity contribution is 0.0673. The zero-order valence-electron chi connectivity index (χ0n) is 13.0. The highest BCUT2D eigenvalue weighted by atomic mass is 16.5. The van der Waals surface area contributed by atoms with Crippen molar-refractivity contribution in [2.75, 3.05) is 53.1 Å². The summed E-state index contributed by atoms with van der Waals surface area (Å²) in [7, 11) is 1.71. The van der Waals surface area contributed by atoms with E-state index in [2.05, 4.69) is 24.1 Å². The predicted octanol–water partition coefficient (Wildman–Crippen LogP) is 1.89. The highest BCUT2D eigenvalue weighted by Gasteiger charge is 2.26. The van der Waals surface area contributed by atoms with E-state index in [1.54, 1.807) is 7.11 Å². The maximum Gasteiger partial charge on any atom is 0.0700 e. The first-order valence-electron chi connectivity index (χ1n) is 7.74. The van der Waals surface area contributed by atoms with Gasteiger partial charge >= 0.3 is 0 Å². The van der Waals surface area contributed by atoms with Crippen LogP contribution in [0.3, 0.4) is 0 Å². The first-order chi connectivity index (χ1) is 9.20. The van der Waals surface area contributed by atoms with Gasteiger partial charge in [-0.15, -0.1) is 0 Å². The Bertz CT molecular complexity index is 226. The van der Waals surface area contributed by atoms with Gasteiger partial charge in [0.2, 0.25) is 0 Å². The maximum atomic E-state index is 5.49. The molecule has 1 fully saturated rings. The second kappa shape index (κ2) is 9.70. The SMILES string of the molecule is CCC1(C)CN(CCCCOCCOC)CCCN1. The average molecular weight is 272 g/mol. The predicted molar refractivity (Wildman–Crippen MR) is 79.7 cm³/mol. The van der Waals surface area contributed by atoms with Crippen LogP contribution in [0, 0.1) is 0 Å². The molecular weight excluding hydrogens is 240 g/mol. The summed E-state index contributed by atoms with van der Waals surface area (Å²) in [6, 6.07) is 0. The van der Waals surface area contributed by atoms with E-state index in [0.717, 1.165) is 26.2 Å². The maximum absolute atomic E-state index is 5.49. The molecule has 0 aliphatic carbocycles. The van der Waals surface area contributed by atoms with E-state index in [1.165, 1.54) is 38.9 Å². The fraction of sp³-hybridized carbons (Fsp3) is 1.00. The van der Waals surface area contributed by atoms with Crippen LogP contribution in [-0.4, -0.2) is 63.5 Å². The summed E-state index contributed by atoms with van der Waals surface area (Å²) >= 11 is 0. The standard InChI is InChI=1S/C15H32N2O2/c1-4-15(2)14-17(10-7-8-16-15)9-5-6-11-19-13-12-18-3/h16H,4-14H2,1-3H3. The molecule has 1 atom stereocenters. The highest BCUT2D eigenvalue weighted by Crippen LogP contribution is 2.15. The van der Waals surface area contributed by atoms with Crippen molar-refractivity contribution in [1.29, 1.82) is 0 Å². The molecule has 1 unspecified atom stereocenters. The number of hydrogen-bond acceptors (Lipinski definition) is 4. The van der Waals surface area contributed by atoms with Crippen LogP contribution in [-0.2, 0) is 9.47 Å². The monoisotopic (exact) mass is 272 g/mol. The molecule has 19 heavy (non-hydrogen) atoms. The number of hydrogen-bond donors (Lipinski definition) is 1. The molecule has 1 aliphatic heterocycles. The largest absolute Gasteiger partial charge is 0.382 e. The molecule has 0 aromatic rings. The number of ether oxygens (including phenoxy) is 2. The second-order valence-electron chi connectivity index (χ2n) is 5.78. The molecule has 0 amide bonds. The number of unbranched alkanes of at least 4 members (excludes halogenated alkanes) is 1. The molecule has 0 bridgehead atoms. The van der Waals surface area contributed by atoms with Gasteiger partial charge in [-0.25, -0.2) is 0 Å². The Labute approximate surface area is 118 Å². The van der Waals surface area contributed by atoms with E-state index in [4.69, 9.17) is 9.47 Å². The van der Waals surface area contributed by atoms with Gasteiger partial charge in [-0.3, -0.25) is 0 Å². The van der Waals surface area contributed by atoms with Gasteiger partial charge in [0.1, 0.15) is 0 Å². The van der Waals surface area contributed by atoms with Crippen molar-refractivity contribution in [2.24, 2.45) is 0 Å². The Morgan fingerprint density at radius 2 is 2.05 bits per heavy atom. The fourth-order valence-electron chi connectivity index (χ4n) is 2.53. The van der Waals surface area contributed by atoms with Crippen LogP contribution in [0.15, 0.2) is 0 Å². The molecule has 0 radical (unpaired) electrons. The molecule has 4 nitrogen and oxygen atoms in total. The molecule has 1 saturated heterocycles. The van der Waals surface area contributed by atoms with E-state index >= 15 is 0 Å². The lowest BCUT2D eigenvalue weighted by Crippen LogP contribution is -2.48. The van der Waals surface area contributed by atoms with Crippen molar-refractivity contribution in [2.45, 2.75) is 45.1 Å². The smallest absolute Gasteiger partial charge is 0.0700 e. The van der Waals surface area contributed by atoms with Crippen LogP contribution >= 0.6 is 0 Å². The molecule has 0 aromatic heterocycles. The van der Waals surface area contributed by atoms with Crippen molar-refractivity contribution in [1.82, 2.24) is 10.2 Å². The van der Waals surface area contributed by atoms with Gasteiger partial charge < -0.3 is 19.7 Å². The topological polar surface area (TPSA) is 33.7 Å². The van der Waals surface area contributed by atoms with Gasteiger partial charge in [-0.1, -0.05) is 6.92 Å². The summed E-state index contributed by atoms with van der Waals surface area (Å²) in [4.78, 5) is 2.61. The Morgan fingerprint density at radius 3 is 2.79 bits per heavy atom. The summed E-state index contributed by atoms with van der Waals surface area (Å²) in [5.74, 6) is 0. The third-order valence-corrected chi connectivity index (χ3v) is 4.00. The minimum Gasteiger partial charge on any atom is -0.382 e. The summed E-state index contributed by atoms with van der Waals surface area (Å²) in [6.45, 7) is 11.7.